The predicted octanol–water partition coefficient (Wildman–Crippen LogP) is 1.94. The molecule has 0 aromatic heterocycles. The number of carboxylic acid groups (broad SMARTS) is 1. The van der Waals surface area contributed by atoms with Crippen LogP contribution in [0.3, 0.4) is 0 Å². The van der Waals surface area contributed by atoms with Crippen LogP contribution in [0.5, 0.6) is 11.5 Å². The quantitative estimate of drug-likeness (QED) is 0.307. The molecule has 3 atom stereocenters. The lowest BCUT2D eigenvalue weighted by Gasteiger charge is -2.49. The number of benzene rings is 1. The molecule has 0 aliphatic carbocycles. The molecule has 4 N–H and O–H groups in total. The Morgan fingerprint density at radius 1 is 1.31 bits per heavy atom. The summed E-state index contributed by atoms with van der Waals surface area (Å²) in [5.74, 6) is -2.44. The minimum absolute atomic E-state index is 0.0350. The third-order valence-corrected chi connectivity index (χ3v) is 6.83. The number of hydrogen-bond donors (Lipinski definition) is 4. The highest BCUT2D eigenvalue weighted by Crippen LogP contribution is 2.41. The van der Waals surface area contributed by atoms with Gasteiger partial charge in [-0.25, -0.2) is 9.59 Å². The van der Waals surface area contributed by atoms with Crippen LogP contribution in [-0.4, -0.2) is 74.7 Å². The third kappa shape index (κ3) is 5.59. The molecule has 1 aromatic carbocycles. The first kappa shape index (κ1) is 26.5. The smallest absolute Gasteiger partial charge is 0.408 e. The monoisotopic (exact) mass is 527 g/mol. The van der Waals surface area contributed by atoms with Gasteiger partial charge in [0.2, 0.25) is 5.91 Å². The zero-order chi connectivity index (χ0) is 26.1. The lowest BCUT2D eigenvalue weighted by molar-refractivity contribution is -0.151. The lowest BCUT2D eigenvalue weighted by atomic mass is 10.0. The highest BCUT2D eigenvalue weighted by Gasteiger charge is 2.54. The maximum Gasteiger partial charge on any atom is 0.408 e. The van der Waals surface area contributed by atoms with Crippen molar-refractivity contribution < 1.29 is 38.9 Å². The van der Waals surface area contributed by atoms with Crippen molar-refractivity contribution in [2.24, 2.45) is 0 Å². The summed E-state index contributed by atoms with van der Waals surface area (Å²) in [6.07, 6.45) is -0.874. The number of carboxylic acids is 1. The molecule has 1 unspecified atom stereocenters. The van der Waals surface area contributed by atoms with Crippen molar-refractivity contribution in [3.8, 4) is 11.5 Å². The summed E-state index contributed by atoms with van der Waals surface area (Å²) in [5.41, 5.74) is -0.329. The van der Waals surface area contributed by atoms with Gasteiger partial charge in [0.05, 0.1) is 7.11 Å². The molecule has 1 saturated heterocycles. The molecule has 0 saturated carbocycles. The van der Waals surface area contributed by atoms with Gasteiger partial charge in [-0.15, -0.1) is 23.4 Å². The number of alkyl carbamates (subject to hydrolysis) is 1. The van der Waals surface area contributed by atoms with Crippen LogP contribution in [-0.2, 0) is 19.1 Å². The molecule has 2 aliphatic rings. The number of aliphatic carboxylic acids is 1. The van der Waals surface area contributed by atoms with Gasteiger partial charge < -0.3 is 30.3 Å². The molecule has 1 aromatic rings. The fraction of sp³-hybridized carbons (Fsp3) is 0.455. The predicted molar refractivity (Wildman–Crippen MR) is 127 cm³/mol. The van der Waals surface area contributed by atoms with E-state index >= 15 is 0 Å². The van der Waals surface area contributed by atoms with Crippen LogP contribution in [0.4, 0.5) is 4.79 Å². The van der Waals surface area contributed by atoms with Gasteiger partial charge in [0.1, 0.15) is 28.8 Å². The van der Waals surface area contributed by atoms with Crippen LogP contribution in [0.25, 0.3) is 0 Å². The summed E-state index contributed by atoms with van der Waals surface area (Å²) in [5, 5.41) is 23.9. The second-order valence-electron chi connectivity index (χ2n) is 8.80. The van der Waals surface area contributed by atoms with E-state index < -0.39 is 46.9 Å². The summed E-state index contributed by atoms with van der Waals surface area (Å²) < 4.78 is 10.4. The normalized spacial score (nSPS) is 20.4. The number of β-lactam (4-membered cyclic amide) rings is 1. The number of phenolic OH excluding ortho intramolecular Hbond substituents is 1. The fourth-order valence-corrected chi connectivity index (χ4v) is 5.30. The highest BCUT2D eigenvalue weighted by atomic mass is 35.5. The zero-order valence-corrected chi connectivity index (χ0v) is 21.0. The van der Waals surface area contributed by atoms with Crippen LogP contribution < -0.4 is 15.4 Å². The highest BCUT2D eigenvalue weighted by molar-refractivity contribution is 8.00. The van der Waals surface area contributed by atoms with Crippen LogP contribution in [0.1, 0.15) is 32.4 Å². The average molecular weight is 528 g/mol. The standard InChI is InChI=1S/C22H26ClN3O8S/c1-22(2,3)34-21(32)25-14(10-5-6-12(27)13(7-10)33-4)17(28)24-15-18(29)26-16(20(30)31)11(8-23)9-35-19(15)26/h5-7,14-15,19,27H,8-9H2,1-4H3,(H,24,28)(H,25,32)(H,30,31)/t14?,15-,19-/m1/s1. The van der Waals surface area contributed by atoms with Gasteiger partial charge in [0, 0.05) is 11.6 Å². The minimum atomic E-state index is -1.30. The number of phenols is 1. The number of carbonyl (C=O) groups is 4. The molecule has 2 aliphatic heterocycles. The Bertz CT molecular complexity index is 1090. The van der Waals surface area contributed by atoms with Crippen molar-refractivity contribution >= 4 is 47.2 Å². The van der Waals surface area contributed by atoms with Gasteiger partial charge in [0.15, 0.2) is 11.5 Å². The molecule has 3 rings (SSSR count). The molecule has 3 amide bonds. The summed E-state index contributed by atoms with van der Waals surface area (Å²) in [7, 11) is 1.33. The van der Waals surface area contributed by atoms with Crippen LogP contribution in [0.15, 0.2) is 29.5 Å². The number of rotatable bonds is 7. The Morgan fingerprint density at radius 3 is 2.57 bits per heavy atom. The number of hydrogen-bond acceptors (Lipinski definition) is 8. The van der Waals surface area contributed by atoms with Crippen molar-refractivity contribution in [2.45, 2.75) is 43.8 Å². The first-order valence-electron chi connectivity index (χ1n) is 10.5. The first-order valence-corrected chi connectivity index (χ1v) is 12.1. The van der Waals surface area contributed by atoms with E-state index in [1.165, 1.54) is 37.1 Å². The van der Waals surface area contributed by atoms with Gasteiger partial charge in [0.25, 0.3) is 5.91 Å². The van der Waals surface area contributed by atoms with Crippen LogP contribution in [0.2, 0.25) is 0 Å². The first-order chi connectivity index (χ1) is 16.4. The van der Waals surface area contributed by atoms with Gasteiger partial charge in [-0.2, -0.15) is 0 Å². The van der Waals surface area contributed by atoms with Gasteiger partial charge in [-0.1, -0.05) is 6.07 Å². The van der Waals surface area contributed by atoms with E-state index in [0.717, 1.165) is 4.90 Å². The zero-order valence-electron chi connectivity index (χ0n) is 19.5. The van der Waals surface area contributed by atoms with E-state index in [9.17, 15) is 29.4 Å². The summed E-state index contributed by atoms with van der Waals surface area (Å²) in [6.45, 7) is 4.99. The Morgan fingerprint density at radius 2 is 2.00 bits per heavy atom. The Hall–Kier alpha value is -3.12. The van der Waals surface area contributed by atoms with E-state index in [-0.39, 0.29) is 28.6 Å². The molecule has 0 radical (unpaired) electrons. The molecule has 35 heavy (non-hydrogen) atoms. The molecule has 11 nitrogen and oxygen atoms in total. The molecular weight excluding hydrogens is 502 g/mol. The molecule has 190 valence electrons. The number of methoxy groups -OCH3 is 1. The molecule has 2 heterocycles. The van der Waals surface area contributed by atoms with E-state index in [2.05, 4.69) is 10.6 Å². The van der Waals surface area contributed by atoms with Gasteiger partial charge >= 0.3 is 12.1 Å². The van der Waals surface area contributed by atoms with E-state index in [1.807, 2.05) is 0 Å². The summed E-state index contributed by atoms with van der Waals surface area (Å²) >= 11 is 7.12. The minimum Gasteiger partial charge on any atom is -0.504 e. The molecule has 13 heteroatoms. The van der Waals surface area contributed by atoms with E-state index in [0.29, 0.717) is 11.3 Å². The number of ether oxygens (including phenoxy) is 2. The summed E-state index contributed by atoms with van der Waals surface area (Å²) in [4.78, 5) is 51.4. The molecule has 1 fully saturated rings. The second kappa shape index (κ2) is 10.2. The maximum absolute atomic E-state index is 13.3. The summed E-state index contributed by atoms with van der Waals surface area (Å²) in [6, 6.07) is 1.78. The number of fused-ring (bicyclic) bond motifs is 1. The number of halogens is 1. The van der Waals surface area contributed by atoms with Crippen molar-refractivity contribution in [3.05, 3.63) is 35.0 Å². The lowest BCUT2D eigenvalue weighted by Crippen LogP contribution is -2.71. The molecule has 0 bridgehead atoms. The number of thioether (sulfide) groups is 1. The number of carbonyl (C=O) groups excluding carboxylic acids is 3. The van der Waals surface area contributed by atoms with Crippen LogP contribution >= 0.6 is 23.4 Å². The fourth-order valence-electron chi connectivity index (χ4n) is 3.62. The van der Waals surface area contributed by atoms with Crippen LogP contribution in [0, 0.1) is 0 Å². The Kier molecular flexibility index (Phi) is 7.75. The largest absolute Gasteiger partial charge is 0.504 e. The number of alkyl halides is 1. The molecule has 0 spiro atoms. The van der Waals surface area contributed by atoms with Crippen molar-refractivity contribution in [3.63, 3.8) is 0 Å². The maximum atomic E-state index is 13.3. The number of nitrogens with zero attached hydrogens (tertiary/aromatic N) is 1. The van der Waals surface area contributed by atoms with Crippen molar-refractivity contribution in [2.75, 3.05) is 18.7 Å². The SMILES string of the molecule is COc1cc(C(NC(=O)OC(C)(C)C)C(=O)N[C@@H]2C(=O)N3C(C(=O)O)=C(CCl)CS[C@H]23)ccc1O. The number of nitrogens with one attached hydrogen (secondary N) is 2. The Labute approximate surface area is 210 Å². The van der Waals surface area contributed by atoms with Crippen molar-refractivity contribution in [1.29, 1.82) is 0 Å². The average Bonchev–Trinajstić information content (AvgIpc) is 2.78. The topological polar surface area (TPSA) is 154 Å². The second-order valence-corrected chi connectivity index (χ2v) is 10.2. The number of amides is 3. The van der Waals surface area contributed by atoms with Crippen molar-refractivity contribution in [1.82, 2.24) is 15.5 Å². The number of aromatic hydroxyl groups is 1. The van der Waals surface area contributed by atoms with E-state index in [4.69, 9.17) is 21.1 Å². The molecular formula is C22H26ClN3O8S. The Balaban J connectivity index is 1.85. The van der Waals surface area contributed by atoms with E-state index in [1.54, 1.807) is 20.8 Å². The van der Waals surface area contributed by atoms with Gasteiger partial charge in [-0.3, -0.25) is 14.5 Å². The van der Waals surface area contributed by atoms with Gasteiger partial charge in [-0.05, 0) is 44.0 Å². The third-order valence-electron chi connectivity index (χ3n) is 5.17.